The number of amides is 1. The fraction of sp³-hybridized carbons (Fsp3) is 0.391. The van der Waals surface area contributed by atoms with Gasteiger partial charge in [0.25, 0.3) is 5.91 Å². The molecule has 3 aromatic rings. The van der Waals surface area contributed by atoms with E-state index in [9.17, 15) is 18.0 Å². The second kappa shape index (κ2) is 8.62. The maximum atomic E-state index is 13.7. The van der Waals surface area contributed by atoms with E-state index < -0.39 is 11.9 Å². The molecule has 5 heterocycles. The molecule has 8 nitrogen and oxygen atoms in total. The molecule has 0 unspecified atom stereocenters. The van der Waals surface area contributed by atoms with E-state index in [0.29, 0.717) is 24.1 Å². The predicted octanol–water partition coefficient (Wildman–Crippen LogP) is 3.76. The number of halogens is 3. The van der Waals surface area contributed by atoms with E-state index in [2.05, 4.69) is 30.2 Å². The van der Waals surface area contributed by atoms with Crippen molar-refractivity contribution in [2.24, 2.45) is 5.92 Å². The van der Waals surface area contributed by atoms with Gasteiger partial charge in [0.2, 0.25) is 0 Å². The summed E-state index contributed by atoms with van der Waals surface area (Å²) in [6.07, 6.45) is 4.72. The van der Waals surface area contributed by atoms with Crippen LogP contribution in [-0.4, -0.2) is 54.4 Å². The molecule has 1 aliphatic carbocycles. The molecule has 176 valence electrons. The summed E-state index contributed by atoms with van der Waals surface area (Å²) in [5.74, 6) is 0.751. The quantitative estimate of drug-likeness (QED) is 0.621. The number of hydrogen-bond donors (Lipinski definition) is 1. The Morgan fingerprint density at radius 3 is 2.53 bits per heavy atom. The minimum atomic E-state index is -4.54. The second-order valence-electron chi connectivity index (χ2n) is 8.72. The third-order valence-corrected chi connectivity index (χ3v) is 6.35. The number of aryl methyl sites for hydroxylation is 1. The lowest BCUT2D eigenvalue weighted by Crippen LogP contribution is -2.60. The lowest BCUT2D eigenvalue weighted by atomic mass is 9.76. The van der Waals surface area contributed by atoms with Gasteiger partial charge in [-0.15, -0.1) is 0 Å². The van der Waals surface area contributed by atoms with Crippen molar-refractivity contribution in [2.75, 3.05) is 11.9 Å². The van der Waals surface area contributed by atoms with E-state index in [1.54, 1.807) is 24.7 Å². The molecule has 3 fully saturated rings. The van der Waals surface area contributed by atoms with Crippen LogP contribution in [0.2, 0.25) is 0 Å². The van der Waals surface area contributed by atoms with Gasteiger partial charge in [0, 0.05) is 31.2 Å². The molecule has 0 aromatic carbocycles. The number of nitrogens with one attached hydrogen (secondary N) is 1. The molecule has 0 radical (unpaired) electrons. The maximum Gasteiger partial charge on any atom is 0.434 e. The van der Waals surface area contributed by atoms with Crippen molar-refractivity contribution in [1.29, 1.82) is 0 Å². The van der Waals surface area contributed by atoms with Crippen LogP contribution in [0.5, 0.6) is 0 Å². The number of nitrogens with zero attached hydrogens (tertiary/aromatic N) is 6. The van der Waals surface area contributed by atoms with Gasteiger partial charge in [-0.1, -0.05) is 0 Å². The zero-order chi connectivity index (χ0) is 23.9. The number of pyridine rings is 1. The van der Waals surface area contributed by atoms with Crippen LogP contribution in [0.1, 0.15) is 41.0 Å². The van der Waals surface area contributed by atoms with Gasteiger partial charge in [-0.05, 0) is 49.8 Å². The molecular formula is C23H22F3N7O. The number of anilines is 1. The molecule has 11 heteroatoms. The van der Waals surface area contributed by atoms with Gasteiger partial charge in [0.05, 0.1) is 24.0 Å². The summed E-state index contributed by atoms with van der Waals surface area (Å²) < 4.78 is 38.4. The van der Waals surface area contributed by atoms with E-state index in [1.807, 2.05) is 17.9 Å². The highest BCUT2D eigenvalue weighted by atomic mass is 19.4. The molecule has 3 aromatic heterocycles. The minimum absolute atomic E-state index is 0.144. The number of fused-ring (bicyclic) bond motifs is 3. The predicted molar refractivity (Wildman–Crippen MR) is 117 cm³/mol. The van der Waals surface area contributed by atoms with E-state index in [-0.39, 0.29) is 35.4 Å². The molecule has 1 saturated carbocycles. The molecule has 1 amide bonds. The molecule has 2 bridgehead atoms. The van der Waals surface area contributed by atoms with Crippen LogP contribution in [0.25, 0.3) is 11.4 Å². The Kier molecular flexibility index (Phi) is 5.62. The Bertz CT molecular complexity index is 1190. The maximum absolute atomic E-state index is 13.7. The third-order valence-electron chi connectivity index (χ3n) is 6.35. The topological polar surface area (TPSA) is 96.8 Å². The van der Waals surface area contributed by atoms with Gasteiger partial charge in [-0.2, -0.15) is 13.2 Å². The van der Waals surface area contributed by atoms with Crippen LogP contribution in [0.15, 0.2) is 43.1 Å². The summed E-state index contributed by atoms with van der Waals surface area (Å²) in [6, 6.07) is 3.27. The van der Waals surface area contributed by atoms with Crippen LogP contribution in [0.4, 0.5) is 19.0 Å². The fourth-order valence-corrected chi connectivity index (χ4v) is 4.81. The van der Waals surface area contributed by atoms with Gasteiger partial charge >= 0.3 is 6.18 Å². The van der Waals surface area contributed by atoms with Crippen LogP contribution >= 0.6 is 0 Å². The largest absolute Gasteiger partial charge is 0.434 e. The first kappa shape index (κ1) is 22.2. The molecular weight excluding hydrogens is 447 g/mol. The van der Waals surface area contributed by atoms with Crippen molar-refractivity contribution >= 4 is 11.7 Å². The zero-order valence-electron chi connectivity index (χ0n) is 18.3. The highest BCUT2D eigenvalue weighted by molar-refractivity contribution is 5.98. The third kappa shape index (κ3) is 4.29. The molecule has 1 N–H and O–H groups in total. The van der Waals surface area contributed by atoms with Gasteiger partial charge in [-0.3, -0.25) is 9.78 Å². The van der Waals surface area contributed by atoms with Gasteiger partial charge < -0.3 is 10.2 Å². The van der Waals surface area contributed by atoms with Crippen molar-refractivity contribution in [1.82, 2.24) is 29.8 Å². The van der Waals surface area contributed by atoms with Crippen molar-refractivity contribution in [2.45, 2.75) is 44.4 Å². The van der Waals surface area contributed by atoms with Gasteiger partial charge in [0.15, 0.2) is 11.5 Å². The standard InChI is InChI=1S/C23H22F3N7O/c1-13-7-15(21-27-5-2-6-28-21)20(31-9-13)22(34)33-12-14-3-4-17(33)16(8-14)32-19-11-29-18(10-30-19)23(24,25)26/h2,5-7,9-11,14,16-17H,3-4,8,12H2,1H3,(H,30,32)/t14-,16-,17+/m1/s1. The summed E-state index contributed by atoms with van der Waals surface area (Å²) in [5.41, 5.74) is 0.711. The van der Waals surface area contributed by atoms with Crippen LogP contribution < -0.4 is 5.32 Å². The Morgan fingerprint density at radius 2 is 1.85 bits per heavy atom. The summed E-state index contributed by atoms with van der Waals surface area (Å²) in [7, 11) is 0. The van der Waals surface area contributed by atoms with Crippen LogP contribution in [0.3, 0.4) is 0 Å². The van der Waals surface area contributed by atoms with Crippen LogP contribution in [0, 0.1) is 12.8 Å². The van der Waals surface area contributed by atoms with E-state index in [0.717, 1.165) is 31.0 Å². The average Bonchev–Trinajstić information content (AvgIpc) is 2.84. The van der Waals surface area contributed by atoms with Crippen LogP contribution in [-0.2, 0) is 6.18 Å². The average molecular weight is 469 g/mol. The van der Waals surface area contributed by atoms with Crippen molar-refractivity contribution in [3.8, 4) is 11.4 Å². The van der Waals surface area contributed by atoms with E-state index in [1.165, 1.54) is 0 Å². The second-order valence-corrected chi connectivity index (χ2v) is 8.72. The van der Waals surface area contributed by atoms with Gasteiger partial charge in [-0.25, -0.2) is 19.9 Å². The number of carbonyl (C=O) groups excluding carboxylic acids is 1. The van der Waals surface area contributed by atoms with E-state index >= 15 is 0 Å². The number of aromatic nitrogens is 5. The molecule has 0 spiro atoms. The van der Waals surface area contributed by atoms with Crippen molar-refractivity contribution < 1.29 is 18.0 Å². The zero-order valence-corrected chi connectivity index (χ0v) is 18.3. The lowest BCUT2D eigenvalue weighted by molar-refractivity contribution is -0.141. The first-order chi connectivity index (χ1) is 16.3. The number of rotatable bonds is 4. The molecule has 6 rings (SSSR count). The SMILES string of the molecule is Cc1cnc(C(=O)N2C[C@@H]3CC[C@H]2[C@H](Nc2cnc(C(F)(F)F)cn2)C3)c(-c2ncccn2)c1. The van der Waals surface area contributed by atoms with Gasteiger partial charge in [0.1, 0.15) is 11.5 Å². The molecule has 3 atom stereocenters. The summed E-state index contributed by atoms with van der Waals surface area (Å²) in [6.45, 7) is 2.49. The fourth-order valence-electron chi connectivity index (χ4n) is 4.81. The van der Waals surface area contributed by atoms with Crippen molar-refractivity contribution in [3.63, 3.8) is 0 Å². The Morgan fingerprint density at radius 1 is 1.06 bits per heavy atom. The summed E-state index contributed by atoms with van der Waals surface area (Å²) in [4.78, 5) is 35.9. The Hall–Kier alpha value is -3.63. The first-order valence-electron chi connectivity index (χ1n) is 11.0. The normalized spacial score (nSPS) is 22.0. The monoisotopic (exact) mass is 469 g/mol. The highest BCUT2D eigenvalue weighted by Crippen LogP contribution is 2.38. The number of hydrogen-bond acceptors (Lipinski definition) is 7. The highest BCUT2D eigenvalue weighted by Gasteiger charge is 2.44. The number of carbonyl (C=O) groups is 1. The van der Waals surface area contributed by atoms with Crippen molar-refractivity contribution in [3.05, 3.63) is 60.1 Å². The Labute approximate surface area is 193 Å². The smallest absolute Gasteiger partial charge is 0.364 e. The summed E-state index contributed by atoms with van der Waals surface area (Å²) in [5, 5.41) is 3.20. The summed E-state index contributed by atoms with van der Waals surface area (Å²) >= 11 is 0. The molecule has 2 aliphatic heterocycles. The molecule has 3 aliphatic rings. The lowest BCUT2D eigenvalue weighted by Gasteiger charge is -2.50. The first-order valence-corrected chi connectivity index (χ1v) is 11.0. The number of alkyl halides is 3. The molecule has 2 saturated heterocycles. The number of piperidine rings is 2. The van der Waals surface area contributed by atoms with E-state index in [4.69, 9.17) is 0 Å². The minimum Gasteiger partial charge on any atom is -0.364 e. The molecule has 34 heavy (non-hydrogen) atoms. The Balaban J connectivity index is 1.40.